The summed E-state index contributed by atoms with van der Waals surface area (Å²) in [7, 11) is 0. The van der Waals surface area contributed by atoms with Gasteiger partial charge < -0.3 is 20.6 Å². The Morgan fingerprint density at radius 1 is 1.21 bits per heavy atom. The molecule has 3 N–H and O–H groups in total. The van der Waals surface area contributed by atoms with Crippen molar-refractivity contribution in [1.29, 1.82) is 0 Å². The number of nitrogens with zero attached hydrogens (tertiary/aromatic N) is 2. The molecule has 2 atom stereocenters. The van der Waals surface area contributed by atoms with E-state index in [1.807, 2.05) is 18.3 Å². The minimum Gasteiger partial charge on any atom is -0.396 e. The molecule has 6 heteroatoms. The molecule has 0 spiro atoms. The lowest BCUT2D eigenvalue weighted by molar-refractivity contribution is 0.153. The van der Waals surface area contributed by atoms with Gasteiger partial charge in [-0.25, -0.2) is 9.78 Å². The number of carbonyl (C=O) groups excluding carboxylic acids is 1. The topological polar surface area (TPSA) is 77.5 Å². The third kappa shape index (κ3) is 4.38. The van der Waals surface area contributed by atoms with Gasteiger partial charge in [0, 0.05) is 44.4 Å². The number of rotatable bonds is 5. The molecule has 3 rings (SSSR count). The molecule has 1 aromatic rings. The minimum atomic E-state index is -0.163. The van der Waals surface area contributed by atoms with Crippen LogP contribution in [0.4, 0.5) is 10.6 Å². The Hall–Kier alpha value is -1.82. The van der Waals surface area contributed by atoms with E-state index in [-0.39, 0.29) is 24.6 Å². The number of nitrogens with one attached hydrogen (secondary N) is 2. The van der Waals surface area contributed by atoms with Crippen molar-refractivity contribution in [3.05, 3.63) is 23.9 Å². The fourth-order valence-corrected chi connectivity index (χ4v) is 3.67. The molecule has 1 aromatic heterocycles. The first-order valence-electron chi connectivity index (χ1n) is 9.11. The van der Waals surface area contributed by atoms with Gasteiger partial charge in [-0.2, -0.15) is 0 Å². The Balaban J connectivity index is 1.45. The number of pyridine rings is 1. The van der Waals surface area contributed by atoms with E-state index >= 15 is 0 Å². The molecule has 1 saturated heterocycles. The smallest absolute Gasteiger partial charge is 0.315 e. The molecule has 24 heavy (non-hydrogen) atoms. The molecule has 2 aliphatic rings. The van der Waals surface area contributed by atoms with E-state index in [1.54, 1.807) is 0 Å². The fourth-order valence-electron chi connectivity index (χ4n) is 3.67. The minimum absolute atomic E-state index is 0.0828. The third-order valence-corrected chi connectivity index (χ3v) is 5.15. The van der Waals surface area contributed by atoms with Crippen LogP contribution >= 0.6 is 0 Å². The van der Waals surface area contributed by atoms with Crippen molar-refractivity contribution < 1.29 is 9.90 Å². The largest absolute Gasteiger partial charge is 0.396 e. The van der Waals surface area contributed by atoms with E-state index in [4.69, 9.17) is 0 Å². The van der Waals surface area contributed by atoms with Gasteiger partial charge in [0.25, 0.3) is 0 Å². The molecule has 0 bridgehead atoms. The van der Waals surface area contributed by atoms with E-state index in [9.17, 15) is 9.90 Å². The SMILES string of the molecule is O=C(NCc1ccc(N2CCCC2)nc1)NC1CCCCC1CO. The van der Waals surface area contributed by atoms with Crippen molar-refractivity contribution in [1.82, 2.24) is 15.6 Å². The number of anilines is 1. The Bertz CT molecular complexity index is 528. The number of aromatic nitrogens is 1. The molecule has 1 aliphatic heterocycles. The number of aliphatic hydroxyl groups excluding tert-OH is 1. The van der Waals surface area contributed by atoms with E-state index in [0.29, 0.717) is 6.54 Å². The summed E-state index contributed by atoms with van der Waals surface area (Å²) in [6.45, 7) is 2.78. The number of aliphatic hydroxyl groups is 1. The van der Waals surface area contributed by atoms with E-state index < -0.39 is 0 Å². The van der Waals surface area contributed by atoms with Gasteiger partial charge in [-0.1, -0.05) is 18.9 Å². The summed E-state index contributed by atoms with van der Waals surface area (Å²) in [5, 5.41) is 15.3. The van der Waals surface area contributed by atoms with Crippen molar-refractivity contribution in [3.63, 3.8) is 0 Å². The van der Waals surface area contributed by atoms with Gasteiger partial charge in [-0.3, -0.25) is 0 Å². The van der Waals surface area contributed by atoms with Crippen LogP contribution in [0.25, 0.3) is 0 Å². The maximum absolute atomic E-state index is 12.1. The standard InChI is InChI=1S/C18H28N4O2/c23-13-15-5-1-2-6-16(15)21-18(24)20-12-14-7-8-17(19-11-14)22-9-3-4-10-22/h7-8,11,15-16,23H,1-6,9-10,12-13H2,(H2,20,21,24). The predicted octanol–water partition coefficient (Wildman–Crippen LogP) is 2.03. The first-order chi connectivity index (χ1) is 11.8. The first kappa shape index (κ1) is 17.0. The molecule has 1 saturated carbocycles. The quantitative estimate of drug-likeness (QED) is 0.771. The zero-order valence-corrected chi connectivity index (χ0v) is 14.2. The molecule has 0 radical (unpaired) electrons. The highest BCUT2D eigenvalue weighted by atomic mass is 16.3. The van der Waals surface area contributed by atoms with Crippen molar-refractivity contribution in [2.45, 2.75) is 51.1 Å². The van der Waals surface area contributed by atoms with Gasteiger partial charge in [-0.05, 0) is 37.3 Å². The summed E-state index contributed by atoms with van der Waals surface area (Å²) in [6.07, 6.45) is 8.50. The highest BCUT2D eigenvalue weighted by Crippen LogP contribution is 2.23. The van der Waals surface area contributed by atoms with Crippen LogP contribution < -0.4 is 15.5 Å². The fraction of sp³-hybridized carbons (Fsp3) is 0.667. The zero-order valence-electron chi connectivity index (χ0n) is 14.2. The van der Waals surface area contributed by atoms with Gasteiger partial charge in [0.15, 0.2) is 0 Å². The lowest BCUT2D eigenvalue weighted by Gasteiger charge is -2.30. The number of urea groups is 1. The Kier molecular flexibility index (Phi) is 5.91. The molecule has 0 aromatic carbocycles. The van der Waals surface area contributed by atoms with Gasteiger partial charge in [0.2, 0.25) is 0 Å². The molecular weight excluding hydrogens is 304 g/mol. The van der Waals surface area contributed by atoms with E-state index in [2.05, 4.69) is 20.5 Å². The second-order valence-electron chi connectivity index (χ2n) is 6.88. The summed E-state index contributed by atoms with van der Waals surface area (Å²) >= 11 is 0. The van der Waals surface area contributed by atoms with Crippen LogP contribution in [0.5, 0.6) is 0 Å². The average Bonchev–Trinajstić information content (AvgIpc) is 3.15. The monoisotopic (exact) mass is 332 g/mol. The second-order valence-corrected chi connectivity index (χ2v) is 6.88. The van der Waals surface area contributed by atoms with Crippen LogP contribution in [0.3, 0.4) is 0 Å². The van der Waals surface area contributed by atoms with Crippen LogP contribution in [0.2, 0.25) is 0 Å². The van der Waals surface area contributed by atoms with Crippen molar-refractivity contribution in [2.24, 2.45) is 5.92 Å². The Labute approximate surface area is 143 Å². The molecule has 1 aliphatic carbocycles. The predicted molar refractivity (Wildman–Crippen MR) is 93.9 cm³/mol. The molecule has 6 nitrogen and oxygen atoms in total. The third-order valence-electron chi connectivity index (χ3n) is 5.15. The van der Waals surface area contributed by atoms with Crippen LogP contribution in [-0.2, 0) is 6.54 Å². The number of carbonyl (C=O) groups is 1. The first-order valence-corrected chi connectivity index (χ1v) is 9.11. The zero-order chi connectivity index (χ0) is 16.8. The number of hydrogen-bond acceptors (Lipinski definition) is 4. The molecule has 2 amide bonds. The van der Waals surface area contributed by atoms with Crippen LogP contribution in [0.1, 0.15) is 44.1 Å². The normalized spacial score (nSPS) is 24.0. The summed E-state index contributed by atoms with van der Waals surface area (Å²) < 4.78 is 0. The van der Waals surface area contributed by atoms with E-state index in [0.717, 1.165) is 50.2 Å². The van der Waals surface area contributed by atoms with Gasteiger partial charge in [-0.15, -0.1) is 0 Å². The molecule has 132 valence electrons. The maximum Gasteiger partial charge on any atom is 0.315 e. The number of amides is 2. The van der Waals surface area contributed by atoms with Crippen LogP contribution in [0, 0.1) is 5.92 Å². The van der Waals surface area contributed by atoms with Gasteiger partial charge in [0.05, 0.1) is 0 Å². The molecule has 2 fully saturated rings. The lowest BCUT2D eigenvalue weighted by Crippen LogP contribution is -2.47. The highest BCUT2D eigenvalue weighted by Gasteiger charge is 2.25. The van der Waals surface area contributed by atoms with Crippen LogP contribution in [0.15, 0.2) is 18.3 Å². The molecule has 2 heterocycles. The summed E-state index contributed by atoms with van der Waals surface area (Å²) in [4.78, 5) is 18.9. The average molecular weight is 332 g/mol. The van der Waals surface area contributed by atoms with E-state index in [1.165, 1.54) is 12.8 Å². The van der Waals surface area contributed by atoms with Gasteiger partial charge >= 0.3 is 6.03 Å². The lowest BCUT2D eigenvalue weighted by atomic mass is 9.85. The van der Waals surface area contributed by atoms with Gasteiger partial charge in [0.1, 0.15) is 5.82 Å². The summed E-state index contributed by atoms with van der Waals surface area (Å²) in [6, 6.07) is 3.98. The summed E-state index contributed by atoms with van der Waals surface area (Å²) in [5.74, 6) is 1.21. The Morgan fingerprint density at radius 3 is 2.71 bits per heavy atom. The summed E-state index contributed by atoms with van der Waals surface area (Å²) in [5.41, 5.74) is 0.996. The number of hydrogen-bond donors (Lipinski definition) is 3. The molecular formula is C18H28N4O2. The highest BCUT2D eigenvalue weighted by molar-refractivity contribution is 5.74. The second kappa shape index (κ2) is 8.33. The van der Waals surface area contributed by atoms with Crippen molar-refractivity contribution in [2.75, 3.05) is 24.6 Å². The van der Waals surface area contributed by atoms with Crippen LogP contribution in [-0.4, -0.2) is 41.9 Å². The maximum atomic E-state index is 12.1. The van der Waals surface area contributed by atoms with Crippen molar-refractivity contribution in [3.8, 4) is 0 Å². The Morgan fingerprint density at radius 2 is 2.00 bits per heavy atom. The molecule has 2 unspecified atom stereocenters. The van der Waals surface area contributed by atoms with Crippen molar-refractivity contribution >= 4 is 11.8 Å².